The standard InChI is InChI=1S/C11H15IN2O/c1-8(2)7-13-11(15)14-10-5-3-9(12)4-6-10/h3-6,8H,7H2,1-2H3,(H2,13,14,15). The number of carbonyl (C=O) groups is 1. The van der Waals surface area contributed by atoms with E-state index in [1.54, 1.807) is 0 Å². The molecule has 0 aliphatic rings. The Bertz CT molecular complexity index is 322. The monoisotopic (exact) mass is 318 g/mol. The van der Waals surface area contributed by atoms with Crippen LogP contribution in [0.5, 0.6) is 0 Å². The lowest BCUT2D eigenvalue weighted by molar-refractivity contribution is 0.251. The lowest BCUT2D eigenvalue weighted by atomic mass is 10.2. The Kier molecular flexibility index (Phi) is 4.87. The average Bonchev–Trinajstić information content (AvgIpc) is 2.19. The van der Waals surface area contributed by atoms with Crippen LogP contribution in [0.3, 0.4) is 0 Å². The van der Waals surface area contributed by atoms with Crippen molar-refractivity contribution >= 4 is 34.3 Å². The Morgan fingerprint density at radius 2 is 1.93 bits per heavy atom. The van der Waals surface area contributed by atoms with Crippen LogP contribution < -0.4 is 10.6 Å². The van der Waals surface area contributed by atoms with Crippen molar-refractivity contribution in [1.29, 1.82) is 0 Å². The van der Waals surface area contributed by atoms with Gasteiger partial charge in [0.1, 0.15) is 0 Å². The predicted molar refractivity (Wildman–Crippen MR) is 71.0 cm³/mol. The van der Waals surface area contributed by atoms with Crippen LogP contribution in [0.25, 0.3) is 0 Å². The molecule has 0 unspecified atom stereocenters. The second-order valence-corrected chi connectivity index (χ2v) is 4.98. The molecule has 1 rings (SSSR count). The molecule has 0 bridgehead atoms. The number of amides is 2. The van der Waals surface area contributed by atoms with Crippen LogP contribution in [-0.4, -0.2) is 12.6 Å². The highest BCUT2D eigenvalue weighted by Gasteiger charge is 2.01. The minimum absolute atomic E-state index is 0.148. The van der Waals surface area contributed by atoms with Gasteiger partial charge >= 0.3 is 6.03 Å². The Morgan fingerprint density at radius 1 is 1.33 bits per heavy atom. The van der Waals surface area contributed by atoms with Crippen LogP contribution >= 0.6 is 22.6 Å². The van der Waals surface area contributed by atoms with Gasteiger partial charge in [-0.05, 0) is 52.8 Å². The summed E-state index contributed by atoms with van der Waals surface area (Å²) in [5.41, 5.74) is 0.816. The van der Waals surface area contributed by atoms with Crippen LogP contribution in [-0.2, 0) is 0 Å². The van der Waals surface area contributed by atoms with Gasteiger partial charge in [-0.1, -0.05) is 13.8 Å². The summed E-state index contributed by atoms with van der Waals surface area (Å²) >= 11 is 2.23. The second-order valence-electron chi connectivity index (χ2n) is 3.74. The third kappa shape index (κ3) is 5.01. The molecule has 0 spiro atoms. The molecule has 4 heteroatoms. The maximum absolute atomic E-state index is 11.4. The SMILES string of the molecule is CC(C)CNC(=O)Nc1ccc(I)cc1. The highest BCUT2D eigenvalue weighted by Crippen LogP contribution is 2.10. The van der Waals surface area contributed by atoms with Crippen LogP contribution in [0.4, 0.5) is 10.5 Å². The molecule has 0 saturated heterocycles. The Morgan fingerprint density at radius 3 is 2.47 bits per heavy atom. The molecule has 0 aromatic heterocycles. The molecule has 0 fully saturated rings. The fourth-order valence-corrected chi connectivity index (χ4v) is 1.36. The second kappa shape index (κ2) is 5.95. The highest BCUT2D eigenvalue weighted by atomic mass is 127. The largest absolute Gasteiger partial charge is 0.338 e. The molecule has 2 N–H and O–H groups in total. The summed E-state index contributed by atoms with van der Waals surface area (Å²) in [5.74, 6) is 0.465. The topological polar surface area (TPSA) is 41.1 Å². The quantitative estimate of drug-likeness (QED) is 0.826. The van der Waals surface area contributed by atoms with Crippen molar-refractivity contribution in [3.8, 4) is 0 Å². The molecule has 82 valence electrons. The summed E-state index contributed by atoms with van der Waals surface area (Å²) in [7, 11) is 0. The number of hydrogen-bond donors (Lipinski definition) is 2. The number of nitrogens with one attached hydrogen (secondary N) is 2. The maximum atomic E-state index is 11.4. The molecule has 3 nitrogen and oxygen atoms in total. The van der Waals surface area contributed by atoms with Gasteiger partial charge in [-0.25, -0.2) is 4.79 Å². The van der Waals surface area contributed by atoms with E-state index in [2.05, 4.69) is 47.1 Å². The summed E-state index contributed by atoms with van der Waals surface area (Å²) in [4.78, 5) is 11.4. The summed E-state index contributed by atoms with van der Waals surface area (Å²) < 4.78 is 1.15. The molecule has 0 saturated carbocycles. The molecule has 2 amide bonds. The number of carbonyl (C=O) groups excluding carboxylic acids is 1. The van der Waals surface area contributed by atoms with E-state index in [1.807, 2.05) is 24.3 Å². The third-order valence-corrected chi connectivity index (χ3v) is 2.49. The normalized spacial score (nSPS) is 10.1. The van der Waals surface area contributed by atoms with Gasteiger partial charge in [0.15, 0.2) is 0 Å². The number of urea groups is 1. The predicted octanol–water partition coefficient (Wildman–Crippen LogP) is 3.07. The van der Waals surface area contributed by atoms with Gasteiger partial charge in [-0.15, -0.1) is 0 Å². The summed E-state index contributed by atoms with van der Waals surface area (Å²) in [6.45, 7) is 4.81. The van der Waals surface area contributed by atoms with Gasteiger partial charge in [0, 0.05) is 15.8 Å². The average molecular weight is 318 g/mol. The maximum Gasteiger partial charge on any atom is 0.319 e. The summed E-state index contributed by atoms with van der Waals surface area (Å²) in [6.07, 6.45) is 0. The van der Waals surface area contributed by atoms with E-state index >= 15 is 0 Å². The van der Waals surface area contributed by atoms with Gasteiger partial charge in [-0.2, -0.15) is 0 Å². The lowest BCUT2D eigenvalue weighted by Crippen LogP contribution is -2.31. The van der Waals surface area contributed by atoms with E-state index < -0.39 is 0 Å². The fraction of sp³-hybridized carbons (Fsp3) is 0.364. The fourth-order valence-electron chi connectivity index (χ4n) is 1.01. The van der Waals surface area contributed by atoms with E-state index in [1.165, 1.54) is 0 Å². The lowest BCUT2D eigenvalue weighted by Gasteiger charge is -2.09. The van der Waals surface area contributed by atoms with E-state index in [4.69, 9.17) is 0 Å². The smallest absolute Gasteiger partial charge is 0.319 e. The van der Waals surface area contributed by atoms with Crippen LogP contribution in [0.1, 0.15) is 13.8 Å². The van der Waals surface area contributed by atoms with Crippen molar-refractivity contribution in [3.63, 3.8) is 0 Å². The zero-order chi connectivity index (χ0) is 11.3. The van der Waals surface area contributed by atoms with Crippen molar-refractivity contribution in [2.24, 2.45) is 5.92 Å². The van der Waals surface area contributed by atoms with Crippen molar-refractivity contribution < 1.29 is 4.79 Å². The number of hydrogen-bond acceptors (Lipinski definition) is 1. The molecule has 1 aromatic carbocycles. The molecular weight excluding hydrogens is 303 g/mol. The number of halogens is 1. The molecule has 1 aromatic rings. The first kappa shape index (κ1) is 12.3. The van der Waals surface area contributed by atoms with Crippen LogP contribution in [0.15, 0.2) is 24.3 Å². The van der Waals surface area contributed by atoms with Gasteiger partial charge in [0.25, 0.3) is 0 Å². The van der Waals surface area contributed by atoms with Gasteiger partial charge in [0.2, 0.25) is 0 Å². The van der Waals surface area contributed by atoms with Crippen molar-refractivity contribution in [2.75, 3.05) is 11.9 Å². The van der Waals surface area contributed by atoms with E-state index in [-0.39, 0.29) is 6.03 Å². The minimum atomic E-state index is -0.148. The zero-order valence-electron chi connectivity index (χ0n) is 8.88. The molecule has 0 atom stereocenters. The van der Waals surface area contributed by atoms with Crippen molar-refractivity contribution in [2.45, 2.75) is 13.8 Å². The number of anilines is 1. The van der Waals surface area contributed by atoms with Crippen LogP contribution in [0.2, 0.25) is 0 Å². The first-order valence-electron chi connectivity index (χ1n) is 4.88. The molecule has 0 heterocycles. The van der Waals surface area contributed by atoms with Gasteiger partial charge < -0.3 is 10.6 Å². The first-order chi connectivity index (χ1) is 7.08. The first-order valence-corrected chi connectivity index (χ1v) is 5.96. The molecule has 0 aliphatic heterocycles. The molecule has 0 aliphatic carbocycles. The van der Waals surface area contributed by atoms with E-state index in [9.17, 15) is 4.79 Å². The number of benzene rings is 1. The van der Waals surface area contributed by atoms with E-state index in [0.29, 0.717) is 12.5 Å². The Balaban J connectivity index is 2.41. The molecule has 0 radical (unpaired) electrons. The minimum Gasteiger partial charge on any atom is -0.338 e. The number of rotatable bonds is 3. The summed E-state index contributed by atoms with van der Waals surface area (Å²) in [6, 6.07) is 7.54. The zero-order valence-corrected chi connectivity index (χ0v) is 11.0. The van der Waals surface area contributed by atoms with Crippen molar-refractivity contribution in [1.82, 2.24) is 5.32 Å². The van der Waals surface area contributed by atoms with Crippen LogP contribution in [0, 0.1) is 9.49 Å². The van der Waals surface area contributed by atoms with Gasteiger partial charge in [0.05, 0.1) is 0 Å². The molecular formula is C11H15IN2O. The highest BCUT2D eigenvalue weighted by molar-refractivity contribution is 14.1. The van der Waals surface area contributed by atoms with Gasteiger partial charge in [-0.3, -0.25) is 0 Å². The Hall–Kier alpha value is -0.780. The van der Waals surface area contributed by atoms with E-state index in [0.717, 1.165) is 9.26 Å². The molecule has 15 heavy (non-hydrogen) atoms. The third-order valence-electron chi connectivity index (χ3n) is 1.77. The Labute approximate surface area is 104 Å². The van der Waals surface area contributed by atoms with Crippen molar-refractivity contribution in [3.05, 3.63) is 27.8 Å². The summed E-state index contributed by atoms with van der Waals surface area (Å²) in [5, 5.41) is 5.56.